The molecule has 0 aliphatic carbocycles. The minimum absolute atomic E-state index is 0.0482. The number of piperidine rings is 2. The number of nitrogens with zero attached hydrogens (tertiary/aromatic N) is 2. The van der Waals surface area contributed by atoms with Crippen LogP contribution in [0.1, 0.15) is 32.1 Å². The van der Waals surface area contributed by atoms with Crippen LogP contribution in [0.25, 0.3) is 0 Å². The molecule has 6 heteroatoms. The molecule has 106 valence electrons. The van der Waals surface area contributed by atoms with Crippen molar-refractivity contribution in [1.29, 1.82) is 0 Å². The van der Waals surface area contributed by atoms with Crippen molar-refractivity contribution in [3.63, 3.8) is 0 Å². The van der Waals surface area contributed by atoms with Crippen molar-refractivity contribution in [3.05, 3.63) is 0 Å². The van der Waals surface area contributed by atoms with Crippen LogP contribution >= 0.6 is 0 Å². The Morgan fingerprint density at radius 2 is 1.95 bits per heavy atom. The maximum absolute atomic E-state index is 12.0. The third-order valence-corrected chi connectivity index (χ3v) is 3.86. The summed E-state index contributed by atoms with van der Waals surface area (Å²) in [6.45, 7) is 1.81. The molecule has 0 aromatic rings. The van der Waals surface area contributed by atoms with E-state index >= 15 is 0 Å². The Bertz CT molecular complexity index is 377. The summed E-state index contributed by atoms with van der Waals surface area (Å²) in [5, 5.41) is 2.98. The molecule has 1 unspecified atom stereocenters. The largest absolute Gasteiger partial charge is 0.342 e. The summed E-state index contributed by atoms with van der Waals surface area (Å²) >= 11 is 0. The molecule has 3 amide bonds. The highest BCUT2D eigenvalue weighted by atomic mass is 16.2. The molecule has 0 bridgehead atoms. The number of carbonyl (C=O) groups excluding carboxylic acids is 3. The van der Waals surface area contributed by atoms with Gasteiger partial charge in [-0.2, -0.15) is 0 Å². The zero-order chi connectivity index (χ0) is 13.8. The standard InChI is InChI=1S/C13H21N3O3/c1-15-11(17)6-5-10(13(15)19)14-9-12(18)16-7-3-2-4-8-16/h10,14H,2-9H2,1H3. The number of hydrogen-bond donors (Lipinski definition) is 1. The number of likely N-dealkylation sites (N-methyl/N-ethyl adjacent to an activating group) is 1. The minimum atomic E-state index is -0.406. The van der Waals surface area contributed by atoms with E-state index in [1.165, 1.54) is 13.5 Å². The highest BCUT2D eigenvalue weighted by Gasteiger charge is 2.31. The quantitative estimate of drug-likeness (QED) is 0.715. The topological polar surface area (TPSA) is 69.7 Å². The SMILES string of the molecule is CN1C(=O)CCC(NCC(=O)N2CCCCC2)C1=O. The highest BCUT2D eigenvalue weighted by molar-refractivity contribution is 6.00. The molecular formula is C13H21N3O3. The fraction of sp³-hybridized carbons (Fsp3) is 0.769. The van der Waals surface area contributed by atoms with Gasteiger partial charge in [-0.15, -0.1) is 0 Å². The molecule has 0 saturated carbocycles. The zero-order valence-electron chi connectivity index (χ0n) is 11.4. The lowest BCUT2D eigenvalue weighted by atomic mass is 10.0. The van der Waals surface area contributed by atoms with Gasteiger partial charge in [-0.25, -0.2) is 0 Å². The first-order chi connectivity index (χ1) is 9.09. The first-order valence-electron chi connectivity index (χ1n) is 6.91. The zero-order valence-corrected chi connectivity index (χ0v) is 11.4. The van der Waals surface area contributed by atoms with Crippen molar-refractivity contribution in [3.8, 4) is 0 Å². The van der Waals surface area contributed by atoms with Gasteiger partial charge in [-0.3, -0.25) is 24.6 Å². The molecule has 2 rings (SSSR count). The predicted molar refractivity (Wildman–Crippen MR) is 69.2 cm³/mol. The van der Waals surface area contributed by atoms with Gasteiger partial charge in [-0.1, -0.05) is 0 Å². The predicted octanol–water partition coefficient (Wildman–Crippen LogP) is -0.264. The van der Waals surface area contributed by atoms with Gasteiger partial charge in [0.1, 0.15) is 0 Å². The Morgan fingerprint density at radius 1 is 1.26 bits per heavy atom. The third kappa shape index (κ3) is 3.32. The van der Waals surface area contributed by atoms with Gasteiger partial charge in [0.2, 0.25) is 17.7 Å². The van der Waals surface area contributed by atoms with Crippen molar-refractivity contribution in [2.24, 2.45) is 0 Å². The molecule has 1 N–H and O–H groups in total. The van der Waals surface area contributed by atoms with E-state index in [-0.39, 0.29) is 24.3 Å². The smallest absolute Gasteiger partial charge is 0.246 e. The molecule has 2 aliphatic rings. The molecule has 0 aromatic heterocycles. The number of likely N-dealkylation sites (tertiary alicyclic amines) is 2. The van der Waals surface area contributed by atoms with E-state index in [0.717, 1.165) is 30.8 Å². The number of carbonyl (C=O) groups is 3. The third-order valence-electron chi connectivity index (χ3n) is 3.86. The lowest BCUT2D eigenvalue weighted by Crippen LogP contribution is -2.53. The number of nitrogens with one attached hydrogen (secondary N) is 1. The van der Waals surface area contributed by atoms with E-state index < -0.39 is 6.04 Å². The van der Waals surface area contributed by atoms with Crippen LogP contribution in [0.3, 0.4) is 0 Å². The molecule has 0 spiro atoms. The molecule has 19 heavy (non-hydrogen) atoms. The molecule has 2 fully saturated rings. The molecule has 2 saturated heterocycles. The summed E-state index contributed by atoms with van der Waals surface area (Å²) in [5.74, 6) is -0.333. The van der Waals surface area contributed by atoms with Gasteiger partial charge in [0, 0.05) is 26.6 Å². The summed E-state index contributed by atoms with van der Waals surface area (Å²) < 4.78 is 0. The summed E-state index contributed by atoms with van der Waals surface area (Å²) in [6.07, 6.45) is 4.15. The molecule has 2 heterocycles. The Morgan fingerprint density at radius 3 is 2.63 bits per heavy atom. The van der Waals surface area contributed by atoms with E-state index in [4.69, 9.17) is 0 Å². The highest BCUT2D eigenvalue weighted by Crippen LogP contribution is 2.12. The van der Waals surface area contributed by atoms with Crippen LogP contribution in [0, 0.1) is 0 Å². The summed E-state index contributed by atoms with van der Waals surface area (Å²) in [5.41, 5.74) is 0. The van der Waals surface area contributed by atoms with Crippen molar-refractivity contribution in [1.82, 2.24) is 15.1 Å². The molecule has 1 atom stereocenters. The fourth-order valence-electron chi connectivity index (χ4n) is 2.57. The molecule has 0 radical (unpaired) electrons. The molecule has 2 aliphatic heterocycles. The lowest BCUT2D eigenvalue weighted by molar-refractivity contribution is -0.148. The maximum atomic E-state index is 12.0. The lowest BCUT2D eigenvalue weighted by Gasteiger charge is -2.30. The Kier molecular flexibility index (Phi) is 4.52. The van der Waals surface area contributed by atoms with Crippen LogP contribution in [-0.4, -0.2) is 60.2 Å². The van der Waals surface area contributed by atoms with Gasteiger partial charge in [0.15, 0.2) is 0 Å². The number of amides is 3. The van der Waals surface area contributed by atoms with Crippen LogP contribution in [0.4, 0.5) is 0 Å². The number of imide groups is 1. The molecular weight excluding hydrogens is 246 g/mol. The first-order valence-corrected chi connectivity index (χ1v) is 6.91. The second-order valence-corrected chi connectivity index (χ2v) is 5.20. The van der Waals surface area contributed by atoms with Gasteiger partial charge in [-0.05, 0) is 25.7 Å². The van der Waals surface area contributed by atoms with Gasteiger partial charge in [0.25, 0.3) is 0 Å². The average Bonchev–Trinajstić information content (AvgIpc) is 2.45. The van der Waals surface area contributed by atoms with Crippen LogP contribution in [0.5, 0.6) is 0 Å². The summed E-state index contributed by atoms with van der Waals surface area (Å²) in [7, 11) is 1.49. The van der Waals surface area contributed by atoms with Gasteiger partial charge in [0.05, 0.1) is 12.6 Å². The fourth-order valence-corrected chi connectivity index (χ4v) is 2.57. The maximum Gasteiger partial charge on any atom is 0.246 e. The molecule has 6 nitrogen and oxygen atoms in total. The second-order valence-electron chi connectivity index (χ2n) is 5.20. The average molecular weight is 267 g/mol. The van der Waals surface area contributed by atoms with Gasteiger partial charge < -0.3 is 4.90 Å². The van der Waals surface area contributed by atoms with Crippen molar-refractivity contribution >= 4 is 17.7 Å². The molecule has 0 aromatic carbocycles. The van der Waals surface area contributed by atoms with Crippen molar-refractivity contribution in [2.45, 2.75) is 38.1 Å². The van der Waals surface area contributed by atoms with Crippen molar-refractivity contribution in [2.75, 3.05) is 26.7 Å². The Hall–Kier alpha value is -1.43. The number of rotatable bonds is 3. The summed E-state index contributed by atoms with van der Waals surface area (Å²) in [6, 6.07) is -0.406. The normalized spacial score (nSPS) is 24.8. The number of hydrogen-bond acceptors (Lipinski definition) is 4. The van der Waals surface area contributed by atoms with E-state index in [9.17, 15) is 14.4 Å². The monoisotopic (exact) mass is 267 g/mol. The van der Waals surface area contributed by atoms with E-state index in [0.29, 0.717) is 12.8 Å². The minimum Gasteiger partial charge on any atom is -0.342 e. The van der Waals surface area contributed by atoms with Crippen LogP contribution in [0.15, 0.2) is 0 Å². The Balaban J connectivity index is 1.80. The van der Waals surface area contributed by atoms with Crippen LogP contribution in [0.2, 0.25) is 0 Å². The van der Waals surface area contributed by atoms with E-state index in [2.05, 4.69) is 5.32 Å². The van der Waals surface area contributed by atoms with Crippen molar-refractivity contribution < 1.29 is 14.4 Å². The second kappa shape index (κ2) is 6.14. The van der Waals surface area contributed by atoms with E-state index in [1.807, 2.05) is 4.90 Å². The van der Waals surface area contributed by atoms with Gasteiger partial charge >= 0.3 is 0 Å². The van der Waals surface area contributed by atoms with Crippen LogP contribution in [-0.2, 0) is 14.4 Å². The van der Waals surface area contributed by atoms with Crippen LogP contribution < -0.4 is 5.32 Å². The first kappa shape index (κ1) is 14.0. The van der Waals surface area contributed by atoms with E-state index in [1.54, 1.807) is 0 Å². The summed E-state index contributed by atoms with van der Waals surface area (Å²) in [4.78, 5) is 38.1. The Labute approximate surface area is 113 Å².